The predicted octanol–water partition coefficient (Wildman–Crippen LogP) is 6.50. The van der Waals surface area contributed by atoms with E-state index in [4.69, 9.17) is 9.47 Å². The highest BCUT2D eigenvalue weighted by Gasteiger charge is 2.25. The second kappa shape index (κ2) is 9.52. The summed E-state index contributed by atoms with van der Waals surface area (Å²) < 4.78 is 11.9. The third-order valence-electron chi connectivity index (χ3n) is 5.53. The Kier molecular flexibility index (Phi) is 6.37. The zero-order valence-corrected chi connectivity index (χ0v) is 17.6. The van der Waals surface area contributed by atoms with Gasteiger partial charge >= 0.3 is 5.97 Å². The summed E-state index contributed by atoms with van der Waals surface area (Å²) in [6, 6.07) is 23.5. The number of hydrogen-bond acceptors (Lipinski definition) is 3. The number of hydrogen-bond donors (Lipinski definition) is 1. The normalized spacial score (nSPS) is 13.6. The molecule has 0 aliphatic heterocycles. The molecule has 3 aromatic rings. The number of allylic oxidation sites excluding steroid dienone is 1. The molecule has 0 saturated carbocycles. The molecule has 4 rings (SSSR count). The van der Waals surface area contributed by atoms with Gasteiger partial charge in [-0.3, -0.25) is 4.79 Å². The standard InChI is InChI=1S/C27H26O4/c1-2-24(27(28)29)26-13-7-9-20-17-22(14-15-25(20)26)30-18-19-8-6-12-23(16-19)31-21-10-4-3-5-11-21/h3-6,8,10-17,24H,2,7,9,18H2,1H3,(H,28,29). The zero-order chi connectivity index (χ0) is 21.6. The number of aliphatic carboxylic acids is 1. The molecule has 4 heteroatoms. The van der Waals surface area contributed by atoms with E-state index in [1.54, 1.807) is 0 Å². The topological polar surface area (TPSA) is 55.8 Å². The van der Waals surface area contributed by atoms with Gasteiger partial charge in [0.05, 0.1) is 5.92 Å². The summed E-state index contributed by atoms with van der Waals surface area (Å²) in [7, 11) is 0. The van der Waals surface area contributed by atoms with Gasteiger partial charge in [0, 0.05) is 0 Å². The van der Waals surface area contributed by atoms with E-state index >= 15 is 0 Å². The van der Waals surface area contributed by atoms with Crippen molar-refractivity contribution in [2.24, 2.45) is 5.92 Å². The van der Waals surface area contributed by atoms with Crippen LogP contribution in [0.1, 0.15) is 36.5 Å². The molecule has 1 atom stereocenters. The second-order valence-corrected chi connectivity index (χ2v) is 7.67. The first-order chi connectivity index (χ1) is 15.1. The van der Waals surface area contributed by atoms with Gasteiger partial charge in [-0.05, 0) is 77.9 Å². The number of fused-ring (bicyclic) bond motifs is 1. The third kappa shape index (κ3) is 4.97. The minimum Gasteiger partial charge on any atom is -0.489 e. The quantitative estimate of drug-likeness (QED) is 0.457. The van der Waals surface area contributed by atoms with Crippen LogP contribution in [0.2, 0.25) is 0 Å². The zero-order valence-electron chi connectivity index (χ0n) is 17.6. The molecule has 1 N–H and O–H groups in total. The van der Waals surface area contributed by atoms with Crippen LogP contribution in [0.4, 0.5) is 0 Å². The summed E-state index contributed by atoms with van der Waals surface area (Å²) in [5, 5.41) is 9.56. The Balaban J connectivity index is 1.45. The van der Waals surface area contributed by atoms with Crippen LogP contribution in [-0.2, 0) is 17.8 Å². The van der Waals surface area contributed by atoms with Gasteiger partial charge in [0.1, 0.15) is 23.9 Å². The van der Waals surface area contributed by atoms with Gasteiger partial charge in [-0.2, -0.15) is 0 Å². The van der Waals surface area contributed by atoms with Crippen molar-refractivity contribution in [1.82, 2.24) is 0 Å². The molecule has 0 heterocycles. The number of carboxylic acid groups (broad SMARTS) is 1. The van der Waals surface area contributed by atoms with Crippen LogP contribution < -0.4 is 9.47 Å². The molecule has 1 unspecified atom stereocenters. The monoisotopic (exact) mass is 414 g/mol. The van der Waals surface area contributed by atoms with Gasteiger partial charge in [-0.1, -0.05) is 49.4 Å². The molecule has 158 valence electrons. The van der Waals surface area contributed by atoms with E-state index < -0.39 is 11.9 Å². The van der Waals surface area contributed by atoms with Crippen LogP contribution in [-0.4, -0.2) is 11.1 Å². The molecule has 1 aliphatic carbocycles. The number of benzene rings is 3. The summed E-state index contributed by atoms with van der Waals surface area (Å²) in [5.74, 6) is 1.13. The lowest BCUT2D eigenvalue weighted by Crippen LogP contribution is -2.17. The molecular weight excluding hydrogens is 388 g/mol. The van der Waals surface area contributed by atoms with E-state index in [2.05, 4.69) is 6.08 Å². The molecule has 0 amide bonds. The maximum Gasteiger partial charge on any atom is 0.310 e. The molecule has 0 aromatic heterocycles. The largest absolute Gasteiger partial charge is 0.489 e. The van der Waals surface area contributed by atoms with Crippen LogP contribution in [0.15, 0.2) is 78.9 Å². The Morgan fingerprint density at radius 2 is 1.77 bits per heavy atom. The Bertz CT molecular complexity index is 1090. The molecule has 31 heavy (non-hydrogen) atoms. The highest BCUT2D eigenvalue weighted by Crippen LogP contribution is 2.35. The van der Waals surface area contributed by atoms with Gasteiger partial charge in [0.2, 0.25) is 0 Å². The number of carboxylic acids is 1. The van der Waals surface area contributed by atoms with Crippen LogP contribution in [0.5, 0.6) is 17.2 Å². The van der Waals surface area contributed by atoms with Crippen molar-refractivity contribution in [2.75, 3.05) is 0 Å². The van der Waals surface area contributed by atoms with E-state index in [0.717, 1.165) is 52.4 Å². The number of ether oxygens (including phenoxy) is 2. The van der Waals surface area contributed by atoms with Crippen LogP contribution in [0.25, 0.3) is 5.57 Å². The lowest BCUT2D eigenvalue weighted by molar-refractivity contribution is -0.139. The Hall–Kier alpha value is -3.53. The molecule has 4 nitrogen and oxygen atoms in total. The second-order valence-electron chi connectivity index (χ2n) is 7.67. The van der Waals surface area contributed by atoms with E-state index in [1.165, 1.54) is 0 Å². The SMILES string of the molecule is CCC(C(=O)O)C1=CCCc2cc(OCc3cccc(Oc4ccccc4)c3)ccc21. The van der Waals surface area contributed by atoms with Gasteiger partial charge in [0.15, 0.2) is 0 Å². The Morgan fingerprint density at radius 1 is 0.968 bits per heavy atom. The molecule has 1 aliphatic rings. The highest BCUT2D eigenvalue weighted by atomic mass is 16.5. The first kappa shape index (κ1) is 20.7. The first-order valence-electron chi connectivity index (χ1n) is 10.6. The van der Waals surface area contributed by atoms with Crippen LogP contribution >= 0.6 is 0 Å². The fourth-order valence-electron chi connectivity index (χ4n) is 3.99. The minimum atomic E-state index is -0.764. The maximum atomic E-state index is 11.6. The predicted molar refractivity (Wildman–Crippen MR) is 121 cm³/mol. The smallest absolute Gasteiger partial charge is 0.310 e. The van der Waals surface area contributed by atoms with Crippen molar-refractivity contribution >= 4 is 11.5 Å². The third-order valence-corrected chi connectivity index (χ3v) is 5.53. The fraction of sp³-hybridized carbons (Fsp3) is 0.222. The summed E-state index contributed by atoms with van der Waals surface area (Å²) >= 11 is 0. The minimum absolute atomic E-state index is 0.431. The maximum absolute atomic E-state index is 11.6. The summed E-state index contributed by atoms with van der Waals surface area (Å²) in [6.45, 7) is 2.35. The fourth-order valence-corrected chi connectivity index (χ4v) is 3.99. The lowest BCUT2D eigenvalue weighted by Gasteiger charge is -2.23. The van der Waals surface area contributed by atoms with Gasteiger partial charge in [0.25, 0.3) is 0 Å². The van der Waals surface area contributed by atoms with Gasteiger partial charge in [-0.25, -0.2) is 0 Å². The van der Waals surface area contributed by atoms with E-state index in [0.29, 0.717) is 13.0 Å². The molecule has 0 spiro atoms. The van der Waals surface area contributed by atoms with Crippen molar-refractivity contribution in [3.63, 3.8) is 0 Å². The van der Waals surface area contributed by atoms with E-state index in [-0.39, 0.29) is 0 Å². The Labute approximate surface area is 182 Å². The van der Waals surface area contributed by atoms with E-state index in [1.807, 2.05) is 79.7 Å². The molecule has 0 fully saturated rings. The number of para-hydroxylation sites is 1. The molecule has 0 saturated heterocycles. The number of carbonyl (C=O) groups is 1. The van der Waals surface area contributed by atoms with E-state index in [9.17, 15) is 9.90 Å². The molecule has 0 bridgehead atoms. The summed E-state index contributed by atoms with van der Waals surface area (Å²) in [4.78, 5) is 11.6. The average Bonchev–Trinajstić information content (AvgIpc) is 2.79. The number of aryl methyl sites for hydroxylation is 1. The van der Waals surface area contributed by atoms with Crippen LogP contribution in [0, 0.1) is 5.92 Å². The first-order valence-corrected chi connectivity index (χ1v) is 10.6. The van der Waals surface area contributed by atoms with Gasteiger partial charge in [-0.15, -0.1) is 0 Å². The van der Waals surface area contributed by atoms with Crippen molar-refractivity contribution in [3.05, 3.63) is 95.6 Å². The molecule has 3 aromatic carbocycles. The summed E-state index contributed by atoms with van der Waals surface area (Å²) in [6.07, 6.45) is 4.41. The average molecular weight is 415 g/mol. The Morgan fingerprint density at radius 3 is 2.55 bits per heavy atom. The van der Waals surface area contributed by atoms with Crippen molar-refractivity contribution < 1.29 is 19.4 Å². The molecular formula is C27H26O4. The lowest BCUT2D eigenvalue weighted by atomic mass is 9.82. The van der Waals surface area contributed by atoms with Crippen molar-refractivity contribution in [2.45, 2.75) is 32.8 Å². The van der Waals surface area contributed by atoms with Gasteiger partial charge < -0.3 is 14.6 Å². The van der Waals surface area contributed by atoms with Crippen molar-refractivity contribution in [1.29, 1.82) is 0 Å². The van der Waals surface area contributed by atoms with Crippen molar-refractivity contribution in [3.8, 4) is 17.2 Å². The molecule has 0 radical (unpaired) electrons. The highest BCUT2D eigenvalue weighted by molar-refractivity contribution is 5.88. The summed E-state index contributed by atoms with van der Waals surface area (Å²) in [5.41, 5.74) is 4.12. The number of rotatable bonds is 8. The van der Waals surface area contributed by atoms with Crippen LogP contribution in [0.3, 0.4) is 0 Å².